The third-order valence-corrected chi connectivity index (χ3v) is 5.41. The number of hydrogen-bond donors (Lipinski definition) is 1. The molecule has 0 aliphatic heterocycles. The van der Waals surface area contributed by atoms with Gasteiger partial charge in [0.15, 0.2) is 11.5 Å². The lowest BCUT2D eigenvalue weighted by Crippen LogP contribution is -2.11. The number of Topliss-reactive ketones (excluding diaryl/α,β-unsaturated/α-hetero) is 1. The van der Waals surface area contributed by atoms with Crippen LogP contribution in [0.1, 0.15) is 21.4 Å². The molecular weight excluding hydrogens is 389 g/mol. The molecule has 138 valence electrons. The molecule has 0 fully saturated rings. The Balaban J connectivity index is 1.66. The van der Waals surface area contributed by atoms with Gasteiger partial charge in [0.25, 0.3) is 0 Å². The average Bonchev–Trinajstić information content (AvgIpc) is 3.26. The molecule has 0 saturated heterocycles. The van der Waals surface area contributed by atoms with Crippen LogP contribution in [0, 0.1) is 6.92 Å². The molecule has 0 amide bonds. The Hall–Kier alpha value is -2.11. The second-order valence-corrected chi connectivity index (χ2v) is 7.48. The zero-order valence-electron chi connectivity index (χ0n) is 13.4. The van der Waals surface area contributed by atoms with Crippen molar-refractivity contribution in [3.05, 3.63) is 39.3 Å². The van der Waals surface area contributed by atoms with Gasteiger partial charge in [0.2, 0.25) is 0 Å². The number of hydrogen-bond acceptors (Lipinski definition) is 7. The van der Waals surface area contributed by atoms with E-state index < -0.39 is 11.9 Å². The minimum Gasteiger partial charge on any atom is -0.389 e. The Kier molecular flexibility index (Phi) is 5.21. The fourth-order valence-electron chi connectivity index (χ4n) is 2.28. The van der Waals surface area contributed by atoms with E-state index in [0.717, 1.165) is 27.7 Å². The van der Waals surface area contributed by atoms with Crippen molar-refractivity contribution >= 4 is 28.5 Å². The number of carbonyl (C=O) groups excluding carboxylic acids is 1. The molecule has 3 aromatic rings. The minimum absolute atomic E-state index is 0.0227. The number of halogens is 3. The Bertz CT molecular complexity index is 930. The van der Waals surface area contributed by atoms with Gasteiger partial charge in [-0.25, -0.2) is 15.0 Å². The normalized spacial score (nSPS) is 11.9. The molecular formula is C15H13F3N4O2S2. The van der Waals surface area contributed by atoms with Gasteiger partial charge in [-0.2, -0.15) is 13.2 Å². The van der Waals surface area contributed by atoms with E-state index in [2.05, 4.69) is 15.0 Å². The summed E-state index contributed by atoms with van der Waals surface area (Å²) in [5.41, 5.74) is 0.400. The molecule has 3 rings (SSSR count). The van der Waals surface area contributed by atoms with Crippen LogP contribution < -0.4 is 0 Å². The highest BCUT2D eigenvalue weighted by molar-refractivity contribution is 7.16. The van der Waals surface area contributed by atoms with E-state index in [0.29, 0.717) is 15.7 Å². The van der Waals surface area contributed by atoms with Gasteiger partial charge in [0.05, 0.1) is 42.2 Å². The Morgan fingerprint density at radius 3 is 2.69 bits per heavy atom. The van der Waals surface area contributed by atoms with E-state index >= 15 is 0 Å². The van der Waals surface area contributed by atoms with Gasteiger partial charge in [-0.05, 0) is 6.92 Å². The summed E-state index contributed by atoms with van der Waals surface area (Å²) in [5.74, 6) is -0.269. The number of aliphatic hydroxyl groups is 1. The van der Waals surface area contributed by atoms with Crippen molar-refractivity contribution in [1.29, 1.82) is 0 Å². The molecule has 1 N–H and O–H groups in total. The molecule has 26 heavy (non-hydrogen) atoms. The summed E-state index contributed by atoms with van der Waals surface area (Å²) in [5, 5.41) is 12.1. The quantitative estimate of drug-likeness (QED) is 0.685. The van der Waals surface area contributed by atoms with E-state index in [1.54, 1.807) is 5.38 Å². The minimum atomic E-state index is -4.53. The fraction of sp³-hybridized carbons (Fsp3) is 0.333. The fourth-order valence-corrected chi connectivity index (χ4v) is 4.05. The molecule has 0 unspecified atom stereocenters. The lowest BCUT2D eigenvalue weighted by Gasteiger charge is -2.01. The van der Waals surface area contributed by atoms with Gasteiger partial charge in [-0.15, -0.1) is 22.7 Å². The number of ketones is 1. The Morgan fingerprint density at radius 2 is 2.08 bits per heavy atom. The third kappa shape index (κ3) is 4.17. The summed E-state index contributed by atoms with van der Waals surface area (Å²) >= 11 is 2.63. The second-order valence-electron chi connectivity index (χ2n) is 5.45. The number of imidazole rings is 1. The first-order valence-corrected chi connectivity index (χ1v) is 9.08. The van der Waals surface area contributed by atoms with Gasteiger partial charge in [-0.3, -0.25) is 4.79 Å². The summed E-state index contributed by atoms with van der Waals surface area (Å²) in [6.45, 7) is 1.46. The van der Waals surface area contributed by atoms with Gasteiger partial charge in [0, 0.05) is 11.6 Å². The van der Waals surface area contributed by atoms with Crippen molar-refractivity contribution in [2.45, 2.75) is 32.7 Å². The van der Waals surface area contributed by atoms with Crippen molar-refractivity contribution in [1.82, 2.24) is 19.5 Å². The number of aryl methyl sites for hydroxylation is 1. The summed E-state index contributed by atoms with van der Waals surface area (Å²) in [6, 6.07) is 0. The van der Waals surface area contributed by atoms with Gasteiger partial charge >= 0.3 is 6.18 Å². The lowest BCUT2D eigenvalue weighted by molar-refractivity contribution is -0.141. The van der Waals surface area contributed by atoms with Crippen molar-refractivity contribution in [3.63, 3.8) is 0 Å². The number of thiazole rings is 2. The summed E-state index contributed by atoms with van der Waals surface area (Å²) in [6.07, 6.45) is -2.71. The molecule has 0 radical (unpaired) electrons. The molecule has 0 saturated carbocycles. The molecule has 6 nitrogen and oxygen atoms in total. The molecule has 3 aromatic heterocycles. The highest BCUT2D eigenvalue weighted by atomic mass is 32.1. The van der Waals surface area contributed by atoms with Crippen LogP contribution in [0.25, 0.3) is 10.6 Å². The molecule has 0 bridgehead atoms. The third-order valence-electron chi connectivity index (χ3n) is 3.39. The van der Waals surface area contributed by atoms with Crippen LogP contribution in [0.4, 0.5) is 13.2 Å². The van der Waals surface area contributed by atoms with Crippen LogP contribution >= 0.6 is 22.7 Å². The second kappa shape index (κ2) is 7.25. The monoisotopic (exact) mass is 402 g/mol. The molecule has 0 aliphatic carbocycles. The first kappa shape index (κ1) is 18.7. The maximum atomic E-state index is 12.5. The van der Waals surface area contributed by atoms with E-state index in [4.69, 9.17) is 5.11 Å². The molecule has 0 spiro atoms. The van der Waals surface area contributed by atoms with Crippen LogP contribution in [-0.4, -0.2) is 30.4 Å². The van der Waals surface area contributed by atoms with Crippen molar-refractivity contribution in [3.8, 4) is 10.6 Å². The Morgan fingerprint density at radius 1 is 1.31 bits per heavy atom. The van der Waals surface area contributed by atoms with Crippen molar-refractivity contribution in [2.75, 3.05) is 0 Å². The number of carbonyl (C=O) groups is 1. The topological polar surface area (TPSA) is 80.9 Å². The number of alkyl halides is 3. The SMILES string of the molecule is Cc1nc(CO)sc1-c1csc(CC(=O)Cn2cnc(C(F)(F)F)c2)n1. The van der Waals surface area contributed by atoms with Crippen LogP contribution in [0.5, 0.6) is 0 Å². The van der Waals surface area contributed by atoms with Crippen LogP contribution in [-0.2, 0) is 30.5 Å². The Labute approximate surface area is 154 Å². The van der Waals surface area contributed by atoms with Crippen LogP contribution in [0.3, 0.4) is 0 Å². The number of rotatable bonds is 6. The number of aliphatic hydroxyl groups excluding tert-OH is 1. The zero-order chi connectivity index (χ0) is 18.9. The van der Waals surface area contributed by atoms with E-state index in [1.807, 2.05) is 6.92 Å². The van der Waals surface area contributed by atoms with Crippen LogP contribution in [0.2, 0.25) is 0 Å². The first-order chi connectivity index (χ1) is 12.3. The average molecular weight is 402 g/mol. The highest BCUT2D eigenvalue weighted by Gasteiger charge is 2.33. The summed E-state index contributed by atoms with van der Waals surface area (Å²) in [7, 11) is 0. The summed E-state index contributed by atoms with van der Waals surface area (Å²) in [4.78, 5) is 24.8. The largest absolute Gasteiger partial charge is 0.434 e. The standard InChI is InChI=1S/C15H13F3N4O2S2/c1-8-14(26-13(5-23)20-8)10-6-25-12(21-10)2-9(24)3-22-4-11(19-7-22)15(16,17)18/h4,6-7,23H,2-3,5H2,1H3. The van der Waals surface area contributed by atoms with Crippen LogP contribution in [0.15, 0.2) is 17.9 Å². The van der Waals surface area contributed by atoms with Crippen molar-refractivity contribution < 1.29 is 23.1 Å². The maximum absolute atomic E-state index is 12.5. The predicted molar refractivity (Wildman–Crippen MR) is 89.8 cm³/mol. The molecule has 3 heterocycles. The maximum Gasteiger partial charge on any atom is 0.434 e. The van der Waals surface area contributed by atoms with Gasteiger partial charge in [0.1, 0.15) is 10.0 Å². The molecule has 0 aliphatic rings. The molecule has 0 atom stereocenters. The van der Waals surface area contributed by atoms with Gasteiger partial charge in [-0.1, -0.05) is 0 Å². The molecule has 11 heteroatoms. The first-order valence-electron chi connectivity index (χ1n) is 7.39. The van der Waals surface area contributed by atoms with E-state index in [9.17, 15) is 18.0 Å². The smallest absolute Gasteiger partial charge is 0.389 e. The van der Waals surface area contributed by atoms with E-state index in [1.165, 1.54) is 22.7 Å². The van der Waals surface area contributed by atoms with Gasteiger partial charge < -0.3 is 9.67 Å². The highest BCUT2D eigenvalue weighted by Crippen LogP contribution is 2.31. The van der Waals surface area contributed by atoms with Crippen molar-refractivity contribution in [2.24, 2.45) is 0 Å². The lowest BCUT2D eigenvalue weighted by atomic mass is 10.3. The molecule has 0 aromatic carbocycles. The predicted octanol–water partition coefficient (Wildman–Crippen LogP) is 3.09. The summed E-state index contributed by atoms with van der Waals surface area (Å²) < 4.78 is 38.7. The number of nitrogens with zero attached hydrogens (tertiary/aromatic N) is 4. The zero-order valence-corrected chi connectivity index (χ0v) is 15.1. The number of aromatic nitrogens is 4. The van der Waals surface area contributed by atoms with E-state index in [-0.39, 0.29) is 25.4 Å².